The molecule has 1 heterocycles. The van der Waals surface area contributed by atoms with Gasteiger partial charge in [0, 0.05) is 18.2 Å². The Hall–Kier alpha value is -0.990. The van der Waals surface area contributed by atoms with Crippen molar-refractivity contribution in [2.75, 3.05) is 0 Å². The average molecular weight is 127 g/mol. The first kappa shape index (κ1) is 6.13. The normalized spacial score (nSPS) is 27.0. The number of esters is 1. The summed E-state index contributed by atoms with van der Waals surface area (Å²) in [6.45, 7) is 1.82. The van der Waals surface area contributed by atoms with Gasteiger partial charge in [0.15, 0.2) is 0 Å². The van der Waals surface area contributed by atoms with Crippen molar-refractivity contribution in [3.63, 3.8) is 0 Å². The van der Waals surface area contributed by atoms with E-state index in [0.717, 1.165) is 0 Å². The second kappa shape index (κ2) is 2.09. The number of rotatable bonds is 0. The third-order valence-corrected chi connectivity index (χ3v) is 1.14. The SMILES string of the molecule is CC1CC(N)=CC(=O)O1. The first-order valence-electron chi connectivity index (χ1n) is 2.85. The molecule has 0 bridgehead atoms. The largest absolute Gasteiger partial charge is 0.459 e. The monoisotopic (exact) mass is 127 g/mol. The van der Waals surface area contributed by atoms with Crippen LogP contribution in [-0.4, -0.2) is 12.1 Å². The van der Waals surface area contributed by atoms with Gasteiger partial charge >= 0.3 is 5.97 Å². The molecule has 0 amide bonds. The molecule has 1 unspecified atom stereocenters. The fraction of sp³-hybridized carbons (Fsp3) is 0.500. The lowest BCUT2D eigenvalue weighted by molar-refractivity contribution is -0.143. The Morgan fingerprint density at radius 3 is 3.00 bits per heavy atom. The molecule has 3 nitrogen and oxygen atoms in total. The number of cyclic esters (lactones) is 1. The molecule has 3 heteroatoms. The van der Waals surface area contributed by atoms with Crippen LogP contribution in [0.3, 0.4) is 0 Å². The maximum Gasteiger partial charge on any atom is 0.332 e. The van der Waals surface area contributed by atoms with Gasteiger partial charge in [-0.25, -0.2) is 4.79 Å². The lowest BCUT2D eigenvalue weighted by Crippen LogP contribution is -2.22. The third-order valence-electron chi connectivity index (χ3n) is 1.14. The van der Waals surface area contributed by atoms with Crippen LogP contribution in [0.2, 0.25) is 0 Å². The van der Waals surface area contributed by atoms with E-state index >= 15 is 0 Å². The van der Waals surface area contributed by atoms with E-state index in [-0.39, 0.29) is 12.1 Å². The Morgan fingerprint density at radius 2 is 2.56 bits per heavy atom. The highest BCUT2D eigenvalue weighted by Gasteiger charge is 2.14. The second-order valence-electron chi connectivity index (χ2n) is 2.17. The van der Waals surface area contributed by atoms with Crippen molar-refractivity contribution < 1.29 is 9.53 Å². The van der Waals surface area contributed by atoms with Crippen molar-refractivity contribution in [2.24, 2.45) is 5.73 Å². The molecule has 1 aliphatic rings. The molecular weight excluding hydrogens is 118 g/mol. The molecule has 0 aromatic rings. The molecule has 0 aromatic heterocycles. The summed E-state index contributed by atoms with van der Waals surface area (Å²) in [5, 5.41) is 0. The van der Waals surface area contributed by atoms with Gasteiger partial charge in [0.1, 0.15) is 6.10 Å². The number of hydrogen-bond acceptors (Lipinski definition) is 3. The predicted molar refractivity (Wildman–Crippen MR) is 32.4 cm³/mol. The van der Waals surface area contributed by atoms with Crippen LogP contribution in [0.15, 0.2) is 11.8 Å². The number of ether oxygens (including phenoxy) is 1. The van der Waals surface area contributed by atoms with Crippen LogP contribution in [0.4, 0.5) is 0 Å². The maximum absolute atomic E-state index is 10.5. The van der Waals surface area contributed by atoms with Crippen LogP contribution >= 0.6 is 0 Å². The number of hydrogen-bond donors (Lipinski definition) is 1. The summed E-state index contributed by atoms with van der Waals surface area (Å²) in [4.78, 5) is 10.5. The minimum absolute atomic E-state index is 0.0532. The molecule has 0 fully saturated rings. The van der Waals surface area contributed by atoms with Crippen molar-refractivity contribution in [3.05, 3.63) is 11.8 Å². The highest BCUT2D eigenvalue weighted by Crippen LogP contribution is 2.09. The van der Waals surface area contributed by atoms with E-state index in [4.69, 9.17) is 10.5 Å². The van der Waals surface area contributed by atoms with Gasteiger partial charge in [0.2, 0.25) is 0 Å². The summed E-state index contributed by atoms with van der Waals surface area (Å²) < 4.78 is 4.76. The van der Waals surface area contributed by atoms with Crippen LogP contribution in [0.1, 0.15) is 13.3 Å². The van der Waals surface area contributed by atoms with E-state index in [1.54, 1.807) is 0 Å². The molecule has 0 radical (unpaired) electrons. The van der Waals surface area contributed by atoms with Crippen molar-refractivity contribution in [3.8, 4) is 0 Å². The Labute approximate surface area is 53.5 Å². The predicted octanol–water partition coefficient (Wildman–Crippen LogP) is 0.164. The number of nitrogens with two attached hydrogens (primary N) is 1. The van der Waals surface area contributed by atoms with E-state index in [0.29, 0.717) is 12.1 Å². The Morgan fingerprint density at radius 1 is 1.89 bits per heavy atom. The minimum atomic E-state index is -0.328. The highest BCUT2D eigenvalue weighted by atomic mass is 16.5. The quantitative estimate of drug-likeness (QED) is 0.472. The van der Waals surface area contributed by atoms with Crippen molar-refractivity contribution in [1.29, 1.82) is 0 Å². The van der Waals surface area contributed by atoms with Crippen molar-refractivity contribution in [1.82, 2.24) is 0 Å². The summed E-state index contributed by atoms with van der Waals surface area (Å²) in [7, 11) is 0. The Balaban J connectivity index is 2.67. The van der Waals surface area contributed by atoms with E-state index in [2.05, 4.69) is 0 Å². The molecule has 50 valence electrons. The Bertz CT molecular complexity index is 162. The molecule has 0 aliphatic carbocycles. The minimum Gasteiger partial charge on any atom is -0.459 e. The third kappa shape index (κ3) is 1.45. The summed E-state index contributed by atoms with van der Waals surface area (Å²) in [6, 6.07) is 0. The van der Waals surface area contributed by atoms with Crippen LogP contribution in [0, 0.1) is 0 Å². The van der Waals surface area contributed by atoms with Gasteiger partial charge in [0.05, 0.1) is 0 Å². The molecule has 0 aromatic carbocycles. The van der Waals surface area contributed by atoms with Crippen LogP contribution in [-0.2, 0) is 9.53 Å². The Kier molecular flexibility index (Phi) is 1.42. The lowest BCUT2D eigenvalue weighted by atomic mass is 10.2. The van der Waals surface area contributed by atoms with Crippen molar-refractivity contribution >= 4 is 5.97 Å². The molecule has 0 saturated carbocycles. The highest BCUT2D eigenvalue weighted by molar-refractivity contribution is 5.83. The van der Waals surface area contributed by atoms with E-state index in [9.17, 15) is 4.79 Å². The topological polar surface area (TPSA) is 52.3 Å². The van der Waals surface area contributed by atoms with Gasteiger partial charge < -0.3 is 10.5 Å². The first-order chi connectivity index (χ1) is 4.18. The average Bonchev–Trinajstić information content (AvgIpc) is 1.59. The zero-order valence-corrected chi connectivity index (χ0v) is 5.26. The molecule has 0 spiro atoms. The molecule has 1 atom stereocenters. The molecule has 0 saturated heterocycles. The van der Waals surface area contributed by atoms with Crippen LogP contribution < -0.4 is 5.73 Å². The smallest absolute Gasteiger partial charge is 0.332 e. The van der Waals surface area contributed by atoms with Gasteiger partial charge in [-0.1, -0.05) is 0 Å². The molecule has 9 heavy (non-hydrogen) atoms. The summed E-state index contributed by atoms with van der Waals surface area (Å²) in [6.07, 6.45) is 1.92. The summed E-state index contributed by atoms with van der Waals surface area (Å²) in [5.74, 6) is -0.328. The number of carbonyl (C=O) groups excluding carboxylic acids is 1. The standard InChI is InChI=1S/C6H9NO2/c1-4-2-5(7)3-6(8)9-4/h3-4H,2,7H2,1H3. The van der Waals surface area contributed by atoms with E-state index in [1.165, 1.54) is 6.08 Å². The van der Waals surface area contributed by atoms with Gasteiger partial charge in [-0.3, -0.25) is 0 Å². The zero-order chi connectivity index (χ0) is 6.85. The fourth-order valence-electron chi connectivity index (χ4n) is 0.816. The summed E-state index contributed by atoms with van der Waals surface area (Å²) in [5.41, 5.74) is 5.99. The molecular formula is C6H9NO2. The molecule has 1 rings (SSSR count). The molecule has 1 aliphatic heterocycles. The van der Waals surface area contributed by atoms with E-state index in [1.807, 2.05) is 6.92 Å². The number of carbonyl (C=O) groups is 1. The van der Waals surface area contributed by atoms with Gasteiger partial charge in [0.25, 0.3) is 0 Å². The summed E-state index contributed by atoms with van der Waals surface area (Å²) >= 11 is 0. The van der Waals surface area contributed by atoms with Gasteiger partial charge in [-0.2, -0.15) is 0 Å². The van der Waals surface area contributed by atoms with Crippen molar-refractivity contribution in [2.45, 2.75) is 19.4 Å². The maximum atomic E-state index is 10.5. The first-order valence-corrected chi connectivity index (χ1v) is 2.85. The van der Waals surface area contributed by atoms with Crippen LogP contribution in [0.25, 0.3) is 0 Å². The van der Waals surface area contributed by atoms with Gasteiger partial charge in [-0.05, 0) is 6.92 Å². The van der Waals surface area contributed by atoms with E-state index < -0.39 is 0 Å². The van der Waals surface area contributed by atoms with Crippen LogP contribution in [0.5, 0.6) is 0 Å². The van der Waals surface area contributed by atoms with Gasteiger partial charge in [-0.15, -0.1) is 0 Å². The molecule has 2 N–H and O–H groups in total. The lowest BCUT2D eigenvalue weighted by Gasteiger charge is -2.16. The second-order valence-corrected chi connectivity index (χ2v) is 2.17. The zero-order valence-electron chi connectivity index (χ0n) is 5.26. The fourth-order valence-corrected chi connectivity index (χ4v) is 0.816.